The molecule has 0 radical (unpaired) electrons. The number of aromatic nitrogens is 1. The van der Waals surface area contributed by atoms with Crippen molar-refractivity contribution in [2.45, 2.75) is 51.1 Å². The zero-order valence-corrected chi connectivity index (χ0v) is 13.1. The molecule has 21 heavy (non-hydrogen) atoms. The van der Waals surface area contributed by atoms with Gasteiger partial charge >= 0.3 is 12.0 Å². The van der Waals surface area contributed by atoms with Crippen LogP contribution < -0.4 is 10.6 Å². The highest BCUT2D eigenvalue weighted by molar-refractivity contribution is 7.09. The second-order valence-electron chi connectivity index (χ2n) is 5.90. The summed E-state index contributed by atoms with van der Waals surface area (Å²) in [6.45, 7) is 3.75. The molecule has 116 valence electrons. The van der Waals surface area contributed by atoms with Gasteiger partial charge in [-0.2, -0.15) is 0 Å². The van der Waals surface area contributed by atoms with Crippen LogP contribution in [0.5, 0.6) is 0 Å². The Bertz CT molecular complexity index is 502. The zero-order chi connectivity index (χ0) is 15.5. The van der Waals surface area contributed by atoms with Crippen LogP contribution in [0, 0.1) is 5.92 Å². The van der Waals surface area contributed by atoms with Crippen LogP contribution >= 0.6 is 11.3 Å². The van der Waals surface area contributed by atoms with E-state index in [0.717, 1.165) is 17.8 Å². The first-order valence-corrected chi connectivity index (χ1v) is 7.99. The van der Waals surface area contributed by atoms with Crippen LogP contribution in [-0.2, 0) is 10.3 Å². The number of carboxylic acids is 1. The number of thiazole rings is 1. The summed E-state index contributed by atoms with van der Waals surface area (Å²) >= 11 is 1.48. The third kappa shape index (κ3) is 3.93. The number of hydrogen-bond donors (Lipinski definition) is 3. The van der Waals surface area contributed by atoms with E-state index in [0.29, 0.717) is 12.8 Å². The van der Waals surface area contributed by atoms with Crippen LogP contribution in [0.2, 0.25) is 0 Å². The highest BCUT2D eigenvalue weighted by Crippen LogP contribution is 2.25. The molecule has 2 unspecified atom stereocenters. The smallest absolute Gasteiger partial charge is 0.315 e. The molecule has 0 aromatic carbocycles. The maximum absolute atomic E-state index is 12.2. The van der Waals surface area contributed by atoms with Gasteiger partial charge in [-0.1, -0.05) is 12.8 Å². The number of aliphatic carboxylic acids is 1. The van der Waals surface area contributed by atoms with Crippen molar-refractivity contribution in [1.82, 2.24) is 15.6 Å². The van der Waals surface area contributed by atoms with E-state index in [1.54, 1.807) is 6.20 Å². The SMILES string of the molecule is CC(C)(NC(=O)NC1CCCCC1C(=O)O)c1nccs1. The van der Waals surface area contributed by atoms with Crippen LogP contribution in [0.3, 0.4) is 0 Å². The van der Waals surface area contributed by atoms with Gasteiger partial charge in [0, 0.05) is 17.6 Å². The summed E-state index contributed by atoms with van der Waals surface area (Å²) in [5.41, 5.74) is -0.578. The predicted octanol–water partition coefficient (Wildman–Crippen LogP) is 2.32. The molecular weight excluding hydrogens is 290 g/mol. The van der Waals surface area contributed by atoms with E-state index in [2.05, 4.69) is 15.6 Å². The number of carbonyl (C=O) groups is 2. The minimum Gasteiger partial charge on any atom is -0.481 e. The van der Waals surface area contributed by atoms with Gasteiger partial charge in [-0.3, -0.25) is 4.79 Å². The Labute approximate surface area is 128 Å². The summed E-state index contributed by atoms with van der Waals surface area (Å²) < 4.78 is 0. The molecule has 0 bridgehead atoms. The van der Waals surface area contributed by atoms with Crippen molar-refractivity contribution in [3.05, 3.63) is 16.6 Å². The Balaban J connectivity index is 1.96. The van der Waals surface area contributed by atoms with Gasteiger partial charge in [0.1, 0.15) is 5.01 Å². The molecule has 0 saturated heterocycles. The van der Waals surface area contributed by atoms with Gasteiger partial charge in [0.2, 0.25) is 0 Å². The molecule has 7 heteroatoms. The Morgan fingerprint density at radius 3 is 2.71 bits per heavy atom. The summed E-state index contributed by atoms with van der Waals surface area (Å²) in [4.78, 5) is 27.6. The fourth-order valence-electron chi connectivity index (χ4n) is 2.67. The van der Waals surface area contributed by atoms with E-state index in [4.69, 9.17) is 0 Å². The second-order valence-corrected chi connectivity index (χ2v) is 6.79. The van der Waals surface area contributed by atoms with Crippen LogP contribution in [0.15, 0.2) is 11.6 Å². The molecule has 0 spiro atoms. The first-order chi connectivity index (χ1) is 9.90. The van der Waals surface area contributed by atoms with E-state index in [1.807, 2.05) is 19.2 Å². The molecule has 2 amide bonds. The molecule has 1 heterocycles. The Morgan fingerprint density at radius 2 is 2.10 bits per heavy atom. The molecule has 1 aliphatic rings. The van der Waals surface area contributed by atoms with Crippen molar-refractivity contribution in [1.29, 1.82) is 0 Å². The lowest BCUT2D eigenvalue weighted by molar-refractivity contribution is -0.143. The number of carbonyl (C=O) groups excluding carboxylic acids is 1. The van der Waals surface area contributed by atoms with Crippen LogP contribution in [-0.4, -0.2) is 28.1 Å². The van der Waals surface area contributed by atoms with E-state index in [1.165, 1.54) is 11.3 Å². The largest absolute Gasteiger partial charge is 0.481 e. The minimum absolute atomic E-state index is 0.302. The maximum atomic E-state index is 12.2. The summed E-state index contributed by atoms with van der Waals surface area (Å²) in [7, 11) is 0. The first-order valence-electron chi connectivity index (χ1n) is 7.11. The molecule has 0 aliphatic heterocycles. The first kappa shape index (κ1) is 15.8. The summed E-state index contributed by atoms with van der Waals surface area (Å²) in [5, 5.41) is 17.6. The lowest BCUT2D eigenvalue weighted by Gasteiger charge is -2.31. The van der Waals surface area contributed by atoms with E-state index < -0.39 is 17.4 Å². The van der Waals surface area contributed by atoms with Crippen molar-refractivity contribution < 1.29 is 14.7 Å². The maximum Gasteiger partial charge on any atom is 0.315 e. The molecule has 2 atom stereocenters. The van der Waals surface area contributed by atoms with Crippen molar-refractivity contribution in [3.8, 4) is 0 Å². The van der Waals surface area contributed by atoms with Gasteiger partial charge in [0.05, 0.1) is 11.5 Å². The standard InChI is InChI=1S/C14H21N3O3S/c1-14(2,12-15-7-8-21-12)17-13(20)16-10-6-4-3-5-9(10)11(18)19/h7-10H,3-6H2,1-2H3,(H,18,19)(H2,16,17,20). The summed E-state index contributed by atoms with van der Waals surface area (Å²) in [6, 6.07) is -0.642. The third-order valence-corrected chi connectivity index (χ3v) is 4.89. The Kier molecular flexibility index (Phi) is 4.82. The topological polar surface area (TPSA) is 91.3 Å². The molecule has 1 fully saturated rings. The predicted molar refractivity (Wildman–Crippen MR) is 80.2 cm³/mol. The number of nitrogens with one attached hydrogen (secondary N) is 2. The average Bonchev–Trinajstić information content (AvgIpc) is 2.92. The average molecular weight is 311 g/mol. The number of urea groups is 1. The van der Waals surface area contributed by atoms with Gasteiger partial charge in [-0.15, -0.1) is 11.3 Å². The van der Waals surface area contributed by atoms with Crippen LogP contribution in [0.1, 0.15) is 44.5 Å². The summed E-state index contributed by atoms with van der Waals surface area (Å²) in [6.07, 6.45) is 4.88. The number of nitrogens with zero attached hydrogens (tertiary/aromatic N) is 1. The lowest BCUT2D eigenvalue weighted by Crippen LogP contribution is -2.52. The van der Waals surface area contributed by atoms with E-state index in [-0.39, 0.29) is 12.1 Å². The highest BCUT2D eigenvalue weighted by Gasteiger charge is 2.33. The van der Waals surface area contributed by atoms with Crippen molar-refractivity contribution in [3.63, 3.8) is 0 Å². The van der Waals surface area contributed by atoms with Gasteiger partial charge < -0.3 is 15.7 Å². The number of amides is 2. The van der Waals surface area contributed by atoms with Gasteiger partial charge in [-0.05, 0) is 26.7 Å². The van der Waals surface area contributed by atoms with Crippen molar-refractivity contribution >= 4 is 23.3 Å². The third-order valence-electron chi connectivity index (χ3n) is 3.79. The molecule has 1 aromatic heterocycles. The quantitative estimate of drug-likeness (QED) is 0.796. The number of rotatable bonds is 4. The fourth-order valence-corrected chi connectivity index (χ4v) is 3.39. The normalized spacial score (nSPS) is 22.6. The molecule has 3 N–H and O–H groups in total. The molecular formula is C14H21N3O3S. The van der Waals surface area contributed by atoms with Crippen LogP contribution in [0.25, 0.3) is 0 Å². The number of hydrogen-bond acceptors (Lipinski definition) is 4. The van der Waals surface area contributed by atoms with Gasteiger partial charge in [-0.25, -0.2) is 9.78 Å². The summed E-state index contributed by atoms with van der Waals surface area (Å²) in [5.74, 6) is -1.33. The minimum atomic E-state index is -0.834. The molecule has 1 aromatic rings. The lowest BCUT2D eigenvalue weighted by atomic mass is 9.84. The molecule has 1 saturated carbocycles. The van der Waals surface area contributed by atoms with Gasteiger partial charge in [0.25, 0.3) is 0 Å². The molecule has 2 rings (SSSR count). The molecule has 1 aliphatic carbocycles. The Morgan fingerprint density at radius 1 is 1.38 bits per heavy atom. The Hall–Kier alpha value is -1.63. The van der Waals surface area contributed by atoms with E-state index in [9.17, 15) is 14.7 Å². The fraction of sp³-hybridized carbons (Fsp3) is 0.643. The number of carboxylic acid groups (broad SMARTS) is 1. The van der Waals surface area contributed by atoms with Crippen molar-refractivity contribution in [2.75, 3.05) is 0 Å². The molecule has 6 nitrogen and oxygen atoms in total. The second kappa shape index (κ2) is 6.43. The van der Waals surface area contributed by atoms with Gasteiger partial charge in [0.15, 0.2) is 0 Å². The zero-order valence-electron chi connectivity index (χ0n) is 12.3. The van der Waals surface area contributed by atoms with Crippen LogP contribution in [0.4, 0.5) is 4.79 Å². The monoisotopic (exact) mass is 311 g/mol. The highest BCUT2D eigenvalue weighted by atomic mass is 32.1. The van der Waals surface area contributed by atoms with E-state index >= 15 is 0 Å². The van der Waals surface area contributed by atoms with Crippen molar-refractivity contribution in [2.24, 2.45) is 5.92 Å².